The van der Waals surface area contributed by atoms with E-state index in [0.717, 1.165) is 16.7 Å². The first-order valence-corrected chi connectivity index (χ1v) is 7.11. The number of oxazole rings is 1. The van der Waals surface area contributed by atoms with Gasteiger partial charge in [0.25, 0.3) is 5.91 Å². The highest BCUT2D eigenvalue weighted by Crippen LogP contribution is 2.17. The summed E-state index contributed by atoms with van der Waals surface area (Å²) < 4.78 is 5.48. The van der Waals surface area contributed by atoms with Gasteiger partial charge in [-0.1, -0.05) is 6.07 Å². The normalized spacial score (nSPS) is 14.6. The Morgan fingerprint density at radius 2 is 2.27 bits per heavy atom. The molecule has 1 aliphatic rings. The number of amides is 2. The number of hydrazone groups is 1. The zero-order chi connectivity index (χ0) is 15.5. The third-order valence-electron chi connectivity index (χ3n) is 3.43. The standard InChI is InChI=1S/C15H16N4O3/c1-9-17-11-3-2-10(8-13(11)22-9)6-7-16-15(21)12-4-5-14(20)19-18-12/h2-3,8H,4-7H2,1H3,(H,16,21)(H,19,20). The Kier molecular flexibility index (Phi) is 3.86. The van der Waals surface area contributed by atoms with Crippen molar-refractivity contribution in [1.82, 2.24) is 15.7 Å². The maximum absolute atomic E-state index is 11.9. The number of hydrogen-bond donors (Lipinski definition) is 2. The molecular formula is C15H16N4O3. The Hall–Kier alpha value is -2.70. The van der Waals surface area contributed by atoms with Crippen LogP contribution in [0.2, 0.25) is 0 Å². The summed E-state index contributed by atoms with van der Waals surface area (Å²) in [6, 6.07) is 5.80. The molecule has 0 bridgehead atoms. The molecule has 0 atom stereocenters. The van der Waals surface area contributed by atoms with Gasteiger partial charge in [0.15, 0.2) is 11.5 Å². The minimum atomic E-state index is -0.239. The first kappa shape index (κ1) is 14.2. The van der Waals surface area contributed by atoms with E-state index in [4.69, 9.17) is 4.42 Å². The third-order valence-corrected chi connectivity index (χ3v) is 3.43. The van der Waals surface area contributed by atoms with E-state index in [0.29, 0.717) is 37.4 Å². The van der Waals surface area contributed by atoms with Crippen LogP contribution in [0.5, 0.6) is 0 Å². The quantitative estimate of drug-likeness (QED) is 0.882. The molecule has 0 saturated carbocycles. The number of rotatable bonds is 4. The van der Waals surface area contributed by atoms with Gasteiger partial charge in [-0.2, -0.15) is 5.10 Å². The molecule has 2 aromatic rings. The zero-order valence-electron chi connectivity index (χ0n) is 12.2. The van der Waals surface area contributed by atoms with Gasteiger partial charge in [0, 0.05) is 26.3 Å². The second-order valence-electron chi connectivity index (χ2n) is 5.13. The van der Waals surface area contributed by atoms with Crippen LogP contribution in [0.4, 0.5) is 0 Å². The summed E-state index contributed by atoms with van der Waals surface area (Å²) in [5, 5.41) is 6.56. The van der Waals surface area contributed by atoms with E-state index in [9.17, 15) is 9.59 Å². The topological polar surface area (TPSA) is 96.6 Å². The van der Waals surface area contributed by atoms with Crippen molar-refractivity contribution in [1.29, 1.82) is 0 Å². The number of benzene rings is 1. The van der Waals surface area contributed by atoms with E-state index in [1.807, 2.05) is 25.1 Å². The van der Waals surface area contributed by atoms with Crippen LogP contribution in [0.1, 0.15) is 24.3 Å². The van der Waals surface area contributed by atoms with Crippen LogP contribution in [-0.2, 0) is 16.0 Å². The van der Waals surface area contributed by atoms with E-state index >= 15 is 0 Å². The summed E-state index contributed by atoms with van der Waals surface area (Å²) in [6.45, 7) is 2.30. The second kappa shape index (κ2) is 5.97. The summed E-state index contributed by atoms with van der Waals surface area (Å²) >= 11 is 0. The number of nitrogens with zero attached hydrogens (tertiary/aromatic N) is 2. The van der Waals surface area contributed by atoms with Crippen LogP contribution in [0, 0.1) is 6.92 Å². The van der Waals surface area contributed by atoms with Gasteiger partial charge in [-0.3, -0.25) is 9.59 Å². The Morgan fingerprint density at radius 3 is 3.05 bits per heavy atom. The fourth-order valence-electron chi connectivity index (χ4n) is 2.30. The molecule has 0 spiro atoms. The molecule has 2 heterocycles. The molecule has 0 unspecified atom stereocenters. The fourth-order valence-corrected chi connectivity index (χ4v) is 2.30. The summed E-state index contributed by atoms with van der Waals surface area (Å²) in [5.41, 5.74) is 5.31. The van der Waals surface area contributed by atoms with E-state index in [1.165, 1.54) is 0 Å². The van der Waals surface area contributed by atoms with E-state index in [1.54, 1.807) is 0 Å². The number of fused-ring (bicyclic) bond motifs is 1. The molecule has 2 amide bonds. The minimum Gasteiger partial charge on any atom is -0.441 e. The van der Waals surface area contributed by atoms with E-state index in [2.05, 4.69) is 20.8 Å². The van der Waals surface area contributed by atoms with Gasteiger partial charge < -0.3 is 9.73 Å². The summed E-state index contributed by atoms with van der Waals surface area (Å²) in [5.74, 6) is 0.238. The molecule has 1 aromatic heterocycles. The molecule has 114 valence electrons. The predicted octanol–water partition coefficient (Wildman–Crippen LogP) is 1.06. The SMILES string of the molecule is Cc1nc2ccc(CCNC(=O)C3=NNC(=O)CC3)cc2o1. The molecule has 3 rings (SSSR count). The maximum Gasteiger partial charge on any atom is 0.267 e. The molecule has 7 heteroatoms. The number of hydrogen-bond acceptors (Lipinski definition) is 5. The van der Waals surface area contributed by atoms with Crippen LogP contribution in [0.25, 0.3) is 11.1 Å². The Balaban J connectivity index is 1.55. The van der Waals surface area contributed by atoms with Crippen molar-refractivity contribution >= 4 is 28.6 Å². The number of carbonyl (C=O) groups is 2. The van der Waals surface area contributed by atoms with Crippen molar-refractivity contribution in [3.05, 3.63) is 29.7 Å². The Labute approximate surface area is 126 Å². The first-order chi connectivity index (χ1) is 10.6. The summed E-state index contributed by atoms with van der Waals surface area (Å²) in [7, 11) is 0. The minimum absolute atomic E-state index is 0.160. The molecule has 0 aliphatic carbocycles. The molecule has 1 aliphatic heterocycles. The Morgan fingerprint density at radius 1 is 1.41 bits per heavy atom. The Bertz CT molecular complexity index is 763. The van der Waals surface area contributed by atoms with Crippen LogP contribution in [0.15, 0.2) is 27.7 Å². The van der Waals surface area contributed by atoms with Crippen molar-refractivity contribution in [3.63, 3.8) is 0 Å². The van der Waals surface area contributed by atoms with Gasteiger partial charge in [0.1, 0.15) is 11.2 Å². The highest BCUT2D eigenvalue weighted by Gasteiger charge is 2.17. The van der Waals surface area contributed by atoms with Crippen molar-refractivity contribution in [2.45, 2.75) is 26.2 Å². The maximum atomic E-state index is 11.9. The molecule has 0 radical (unpaired) electrons. The molecule has 0 fully saturated rings. The van der Waals surface area contributed by atoms with Gasteiger partial charge >= 0.3 is 0 Å². The van der Waals surface area contributed by atoms with E-state index in [-0.39, 0.29) is 11.8 Å². The van der Waals surface area contributed by atoms with Crippen LogP contribution in [0.3, 0.4) is 0 Å². The molecule has 1 aromatic carbocycles. The fraction of sp³-hybridized carbons (Fsp3) is 0.333. The van der Waals surface area contributed by atoms with Crippen LogP contribution < -0.4 is 10.7 Å². The molecule has 2 N–H and O–H groups in total. The van der Waals surface area contributed by atoms with Crippen molar-refractivity contribution in [2.24, 2.45) is 5.10 Å². The number of aromatic nitrogens is 1. The van der Waals surface area contributed by atoms with Gasteiger partial charge in [0.2, 0.25) is 5.91 Å². The van der Waals surface area contributed by atoms with Gasteiger partial charge in [0.05, 0.1) is 0 Å². The van der Waals surface area contributed by atoms with E-state index < -0.39 is 0 Å². The number of carbonyl (C=O) groups excluding carboxylic acids is 2. The summed E-state index contributed by atoms with van der Waals surface area (Å²) in [4.78, 5) is 27.1. The van der Waals surface area contributed by atoms with Crippen LogP contribution >= 0.6 is 0 Å². The van der Waals surface area contributed by atoms with Crippen molar-refractivity contribution in [3.8, 4) is 0 Å². The summed E-state index contributed by atoms with van der Waals surface area (Å²) in [6.07, 6.45) is 1.36. The number of aryl methyl sites for hydroxylation is 1. The van der Waals surface area contributed by atoms with Gasteiger partial charge in [-0.05, 0) is 24.1 Å². The average molecular weight is 300 g/mol. The highest BCUT2D eigenvalue weighted by atomic mass is 16.3. The van der Waals surface area contributed by atoms with Crippen LogP contribution in [-0.4, -0.2) is 29.1 Å². The van der Waals surface area contributed by atoms with Gasteiger partial charge in [-0.15, -0.1) is 0 Å². The lowest BCUT2D eigenvalue weighted by atomic mass is 10.1. The number of nitrogens with one attached hydrogen (secondary N) is 2. The van der Waals surface area contributed by atoms with Gasteiger partial charge in [-0.25, -0.2) is 10.4 Å². The lowest BCUT2D eigenvalue weighted by molar-refractivity contribution is -0.121. The van der Waals surface area contributed by atoms with Crippen molar-refractivity contribution < 1.29 is 14.0 Å². The largest absolute Gasteiger partial charge is 0.441 e. The molecule has 22 heavy (non-hydrogen) atoms. The molecular weight excluding hydrogens is 284 g/mol. The monoisotopic (exact) mass is 300 g/mol. The second-order valence-corrected chi connectivity index (χ2v) is 5.13. The third kappa shape index (κ3) is 3.13. The molecule has 0 saturated heterocycles. The highest BCUT2D eigenvalue weighted by molar-refractivity contribution is 6.39. The smallest absolute Gasteiger partial charge is 0.267 e. The molecule has 7 nitrogen and oxygen atoms in total. The zero-order valence-corrected chi connectivity index (χ0v) is 12.2. The average Bonchev–Trinajstić information content (AvgIpc) is 2.87. The predicted molar refractivity (Wildman–Crippen MR) is 80.3 cm³/mol. The lowest BCUT2D eigenvalue weighted by Crippen LogP contribution is -2.37. The first-order valence-electron chi connectivity index (χ1n) is 7.11. The van der Waals surface area contributed by atoms with Crippen molar-refractivity contribution in [2.75, 3.05) is 6.54 Å². The lowest BCUT2D eigenvalue weighted by Gasteiger charge is -2.11.